The largest absolute Gasteiger partial charge is 0.444 e. The number of rotatable bonds is 1. The van der Waals surface area contributed by atoms with Gasteiger partial charge in [0.15, 0.2) is 0 Å². The standard InChI is InChI=1S/C15H18F3N3O3/c1-14(2,3)24-13(23)20-6-7-21(12(22)9-20)11-8-10(4-5-19-11)15(16,17)18/h4-5,8H,6-7,9H2,1-3H3. The number of aromatic nitrogens is 1. The maximum absolute atomic E-state index is 12.8. The second-order valence-electron chi connectivity index (χ2n) is 6.35. The van der Waals surface area contributed by atoms with Crippen molar-refractivity contribution >= 4 is 17.8 Å². The molecule has 0 spiro atoms. The van der Waals surface area contributed by atoms with Crippen LogP contribution in [0.25, 0.3) is 0 Å². The number of amides is 2. The molecule has 2 amide bonds. The molecular weight excluding hydrogens is 327 g/mol. The zero-order valence-corrected chi connectivity index (χ0v) is 13.6. The van der Waals surface area contributed by atoms with Crippen molar-refractivity contribution in [3.63, 3.8) is 0 Å². The number of nitrogens with zero attached hydrogens (tertiary/aromatic N) is 3. The minimum atomic E-state index is -4.51. The Morgan fingerprint density at radius 2 is 1.92 bits per heavy atom. The Hall–Kier alpha value is -2.32. The first-order chi connectivity index (χ1) is 11.0. The van der Waals surface area contributed by atoms with Gasteiger partial charge in [-0.1, -0.05) is 0 Å². The maximum atomic E-state index is 12.8. The van der Waals surface area contributed by atoms with Gasteiger partial charge >= 0.3 is 12.3 Å². The van der Waals surface area contributed by atoms with E-state index in [2.05, 4.69) is 4.98 Å². The Bertz CT molecular complexity index is 641. The highest BCUT2D eigenvalue weighted by molar-refractivity contribution is 5.96. The van der Waals surface area contributed by atoms with E-state index in [1.54, 1.807) is 20.8 Å². The summed E-state index contributed by atoms with van der Waals surface area (Å²) in [6.45, 7) is 5.04. The second kappa shape index (κ2) is 6.29. The van der Waals surface area contributed by atoms with E-state index in [4.69, 9.17) is 4.74 Å². The van der Waals surface area contributed by atoms with Gasteiger partial charge < -0.3 is 4.74 Å². The summed E-state index contributed by atoms with van der Waals surface area (Å²) in [5, 5.41) is 0. The van der Waals surface area contributed by atoms with Gasteiger partial charge in [-0.3, -0.25) is 14.6 Å². The summed E-state index contributed by atoms with van der Waals surface area (Å²) in [7, 11) is 0. The fourth-order valence-corrected chi connectivity index (χ4v) is 2.14. The van der Waals surface area contributed by atoms with Gasteiger partial charge in [0.1, 0.15) is 18.0 Å². The number of pyridine rings is 1. The third-order valence-electron chi connectivity index (χ3n) is 3.22. The predicted molar refractivity (Wildman–Crippen MR) is 79.4 cm³/mol. The van der Waals surface area contributed by atoms with E-state index in [1.807, 2.05) is 0 Å². The highest BCUT2D eigenvalue weighted by atomic mass is 19.4. The molecule has 132 valence electrons. The van der Waals surface area contributed by atoms with Gasteiger partial charge in [-0.2, -0.15) is 13.2 Å². The van der Waals surface area contributed by atoms with Crippen molar-refractivity contribution in [1.82, 2.24) is 9.88 Å². The Balaban J connectivity index is 2.09. The van der Waals surface area contributed by atoms with Crippen molar-refractivity contribution in [3.05, 3.63) is 23.9 Å². The van der Waals surface area contributed by atoms with E-state index < -0.39 is 29.3 Å². The van der Waals surface area contributed by atoms with Crippen molar-refractivity contribution in [3.8, 4) is 0 Å². The smallest absolute Gasteiger partial charge is 0.416 e. The molecule has 0 radical (unpaired) electrons. The van der Waals surface area contributed by atoms with Crippen molar-refractivity contribution in [1.29, 1.82) is 0 Å². The lowest BCUT2D eigenvalue weighted by molar-refractivity contribution is -0.137. The van der Waals surface area contributed by atoms with Crippen LogP contribution in [0.3, 0.4) is 0 Å². The lowest BCUT2D eigenvalue weighted by atomic mass is 10.2. The monoisotopic (exact) mass is 345 g/mol. The zero-order chi connectivity index (χ0) is 18.1. The van der Waals surface area contributed by atoms with Crippen molar-refractivity contribution < 1.29 is 27.5 Å². The summed E-state index contributed by atoms with van der Waals surface area (Å²) in [5.74, 6) is -0.599. The number of piperazine rings is 1. The molecule has 2 rings (SSSR count). The number of carbonyl (C=O) groups excluding carboxylic acids is 2. The molecule has 2 heterocycles. The number of anilines is 1. The first-order valence-corrected chi connectivity index (χ1v) is 7.29. The van der Waals surface area contributed by atoms with Crippen LogP contribution in [0.5, 0.6) is 0 Å². The Labute approximate surface area is 137 Å². The molecule has 0 aliphatic carbocycles. The van der Waals surface area contributed by atoms with Gasteiger partial charge in [0.25, 0.3) is 0 Å². The third kappa shape index (κ3) is 4.36. The highest BCUT2D eigenvalue weighted by Crippen LogP contribution is 2.31. The van der Waals surface area contributed by atoms with Gasteiger partial charge in [-0.15, -0.1) is 0 Å². The molecule has 0 aromatic carbocycles. The number of hydrogen-bond acceptors (Lipinski definition) is 4. The van der Waals surface area contributed by atoms with Gasteiger partial charge in [-0.05, 0) is 32.9 Å². The van der Waals surface area contributed by atoms with Gasteiger partial charge in [0.05, 0.1) is 5.56 Å². The molecule has 0 saturated carbocycles. The summed E-state index contributed by atoms with van der Waals surface area (Å²) in [5.41, 5.74) is -1.57. The summed E-state index contributed by atoms with van der Waals surface area (Å²) in [6.07, 6.45) is -4.14. The molecule has 24 heavy (non-hydrogen) atoms. The number of carbonyl (C=O) groups is 2. The SMILES string of the molecule is CC(C)(C)OC(=O)N1CCN(c2cc(C(F)(F)F)ccn2)C(=O)C1. The lowest BCUT2D eigenvalue weighted by Gasteiger charge is -2.34. The van der Waals surface area contributed by atoms with Crippen LogP contribution in [-0.2, 0) is 15.7 Å². The molecule has 1 aromatic heterocycles. The Morgan fingerprint density at radius 1 is 1.25 bits per heavy atom. The van der Waals surface area contributed by atoms with E-state index in [9.17, 15) is 22.8 Å². The fourth-order valence-electron chi connectivity index (χ4n) is 2.14. The van der Waals surface area contributed by atoms with Gasteiger partial charge in [0.2, 0.25) is 5.91 Å². The summed E-state index contributed by atoms with van der Waals surface area (Å²) in [4.78, 5) is 30.3. The molecule has 1 aliphatic rings. The number of halogens is 3. The molecule has 0 atom stereocenters. The van der Waals surface area contributed by atoms with Crippen LogP contribution < -0.4 is 4.90 Å². The average Bonchev–Trinajstić information content (AvgIpc) is 2.44. The molecule has 6 nitrogen and oxygen atoms in total. The quantitative estimate of drug-likeness (QED) is 0.785. The minimum absolute atomic E-state index is 0.0480. The Kier molecular flexibility index (Phi) is 4.73. The molecule has 0 N–H and O–H groups in total. The highest BCUT2D eigenvalue weighted by Gasteiger charge is 2.34. The van der Waals surface area contributed by atoms with Crippen molar-refractivity contribution in [2.24, 2.45) is 0 Å². The fraction of sp³-hybridized carbons (Fsp3) is 0.533. The van der Waals surface area contributed by atoms with E-state index in [0.717, 1.165) is 23.2 Å². The van der Waals surface area contributed by atoms with E-state index in [0.29, 0.717) is 0 Å². The molecule has 1 aliphatic heterocycles. The summed E-state index contributed by atoms with van der Waals surface area (Å²) >= 11 is 0. The van der Waals surface area contributed by atoms with Gasteiger partial charge in [0, 0.05) is 19.3 Å². The van der Waals surface area contributed by atoms with E-state index in [1.165, 1.54) is 4.90 Å². The molecular formula is C15H18F3N3O3. The van der Waals surface area contributed by atoms with Crippen LogP contribution in [0.1, 0.15) is 26.3 Å². The average molecular weight is 345 g/mol. The van der Waals surface area contributed by atoms with Gasteiger partial charge in [-0.25, -0.2) is 9.78 Å². The predicted octanol–water partition coefficient (Wildman–Crippen LogP) is 2.68. The minimum Gasteiger partial charge on any atom is -0.444 e. The van der Waals surface area contributed by atoms with Crippen LogP contribution in [0, 0.1) is 0 Å². The van der Waals surface area contributed by atoms with Crippen molar-refractivity contribution in [2.45, 2.75) is 32.5 Å². The second-order valence-corrected chi connectivity index (χ2v) is 6.35. The summed E-state index contributed by atoms with van der Waals surface area (Å²) < 4.78 is 43.5. The molecule has 1 saturated heterocycles. The van der Waals surface area contributed by atoms with Crippen LogP contribution in [0.15, 0.2) is 18.3 Å². The molecule has 1 fully saturated rings. The molecule has 0 bridgehead atoms. The number of alkyl halides is 3. The topological polar surface area (TPSA) is 62.7 Å². The Morgan fingerprint density at radius 3 is 2.46 bits per heavy atom. The van der Waals surface area contributed by atoms with Crippen molar-refractivity contribution in [2.75, 3.05) is 24.5 Å². The van der Waals surface area contributed by atoms with E-state index in [-0.39, 0.29) is 25.5 Å². The van der Waals surface area contributed by atoms with Crippen LogP contribution in [-0.4, -0.2) is 47.1 Å². The third-order valence-corrected chi connectivity index (χ3v) is 3.22. The van der Waals surface area contributed by atoms with Crippen LogP contribution >= 0.6 is 0 Å². The number of ether oxygens (including phenoxy) is 1. The summed E-state index contributed by atoms with van der Waals surface area (Å²) in [6, 6.07) is 1.66. The molecule has 1 aromatic rings. The molecule has 9 heteroatoms. The van der Waals surface area contributed by atoms with Crippen LogP contribution in [0.2, 0.25) is 0 Å². The first kappa shape index (κ1) is 18.0. The lowest BCUT2D eigenvalue weighted by Crippen LogP contribution is -2.53. The zero-order valence-electron chi connectivity index (χ0n) is 13.6. The molecule has 0 unspecified atom stereocenters. The maximum Gasteiger partial charge on any atom is 0.416 e. The van der Waals surface area contributed by atoms with Crippen LogP contribution in [0.4, 0.5) is 23.8 Å². The normalized spacial score (nSPS) is 16.3. The first-order valence-electron chi connectivity index (χ1n) is 7.29. The number of hydrogen-bond donors (Lipinski definition) is 0. The van der Waals surface area contributed by atoms with E-state index >= 15 is 0 Å².